The average Bonchev–Trinajstić information content (AvgIpc) is 2.45. The summed E-state index contributed by atoms with van der Waals surface area (Å²) in [4.78, 5) is 24.5. The first kappa shape index (κ1) is 15.7. The Balaban J connectivity index is 2.70. The first-order valence-corrected chi connectivity index (χ1v) is 6.33. The number of benzene rings is 1. The maximum atomic E-state index is 12.1. The maximum absolute atomic E-state index is 12.1. The lowest BCUT2D eigenvalue weighted by atomic mass is 9.94. The van der Waals surface area contributed by atoms with Crippen molar-refractivity contribution in [3.8, 4) is 6.07 Å². The zero-order valence-electron chi connectivity index (χ0n) is 11.8. The second-order valence-electron chi connectivity index (χ2n) is 4.92. The third-order valence-corrected chi connectivity index (χ3v) is 3.41. The second-order valence-corrected chi connectivity index (χ2v) is 4.92. The Bertz CT molecular complexity index is 531. The number of aliphatic carboxylic acids is 1. The van der Waals surface area contributed by atoms with Gasteiger partial charge < -0.3 is 10.0 Å². The predicted molar refractivity (Wildman–Crippen MR) is 73.6 cm³/mol. The van der Waals surface area contributed by atoms with Crippen LogP contribution in [0.1, 0.15) is 25.0 Å². The minimum Gasteiger partial charge on any atom is -0.481 e. The van der Waals surface area contributed by atoms with Crippen molar-refractivity contribution in [1.29, 1.82) is 5.26 Å². The van der Waals surface area contributed by atoms with Gasteiger partial charge in [0.2, 0.25) is 5.91 Å². The van der Waals surface area contributed by atoms with Gasteiger partial charge in [0.25, 0.3) is 0 Å². The molecule has 0 bridgehead atoms. The quantitative estimate of drug-likeness (QED) is 0.888. The number of nitriles is 1. The number of amides is 1. The Hall–Kier alpha value is -2.35. The highest BCUT2D eigenvalue weighted by atomic mass is 16.4. The lowest BCUT2D eigenvalue weighted by Gasteiger charge is -2.23. The number of hydrogen-bond donors (Lipinski definition) is 1. The van der Waals surface area contributed by atoms with Gasteiger partial charge in [-0.2, -0.15) is 5.26 Å². The highest BCUT2D eigenvalue weighted by molar-refractivity contribution is 5.84. The van der Waals surface area contributed by atoms with E-state index >= 15 is 0 Å². The highest BCUT2D eigenvalue weighted by Gasteiger charge is 2.27. The van der Waals surface area contributed by atoms with Crippen LogP contribution in [0.15, 0.2) is 24.3 Å². The fourth-order valence-electron chi connectivity index (χ4n) is 1.81. The molecule has 20 heavy (non-hydrogen) atoms. The molecule has 0 aliphatic rings. The molecule has 0 spiro atoms. The average molecular weight is 274 g/mol. The minimum atomic E-state index is -0.974. The fraction of sp³-hybridized carbons (Fsp3) is 0.400. The van der Waals surface area contributed by atoms with E-state index in [-0.39, 0.29) is 5.91 Å². The molecule has 106 valence electrons. The van der Waals surface area contributed by atoms with Crippen LogP contribution in [0.4, 0.5) is 0 Å². The Kier molecular flexibility index (Phi) is 5.27. The number of carboxylic acid groups (broad SMARTS) is 1. The van der Waals surface area contributed by atoms with Crippen LogP contribution in [-0.2, 0) is 16.1 Å². The standard InChI is InChI=1S/C15H18N2O3/c1-10(11(2)15(19)20)14(18)17(3)9-13-6-4-12(8-16)5-7-13/h4-7,10-11H,9H2,1-3H3,(H,19,20). The molecule has 0 saturated heterocycles. The van der Waals surface area contributed by atoms with Crippen LogP contribution in [0.3, 0.4) is 0 Å². The van der Waals surface area contributed by atoms with Crippen LogP contribution < -0.4 is 0 Å². The largest absolute Gasteiger partial charge is 0.481 e. The molecule has 2 atom stereocenters. The smallest absolute Gasteiger partial charge is 0.307 e. The van der Waals surface area contributed by atoms with Gasteiger partial charge in [-0.05, 0) is 17.7 Å². The molecule has 1 aromatic rings. The molecule has 1 amide bonds. The Morgan fingerprint density at radius 1 is 1.25 bits per heavy atom. The fourth-order valence-corrected chi connectivity index (χ4v) is 1.81. The number of nitrogens with zero attached hydrogens (tertiary/aromatic N) is 2. The molecule has 0 aliphatic carbocycles. The normalized spacial score (nSPS) is 13.1. The van der Waals surface area contributed by atoms with Crippen LogP contribution >= 0.6 is 0 Å². The first-order valence-electron chi connectivity index (χ1n) is 6.33. The van der Waals surface area contributed by atoms with Gasteiger partial charge in [0.05, 0.1) is 17.6 Å². The summed E-state index contributed by atoms with van der Waals surface area (Å²) in [6.45, 7) is 3.54. The van der Waals surface area contributed by atoms with Gasteiger partial charge in [-0.1, -0.05) is 26.0 Å². The van der Waals surface area contributed by atoms with E-state index in [0.717, 1.165) is 5.56 Å². The van der Waals surface area contributed by atoms with E-state index in [1.165, 1.54) is 11.8 Å². The molecular formula is C15H18N2O3. The lowest BCUT2D eigenvalue weighted by Crippen LogP contribution is -2.36. The number of carbonyl (C=O) groups is 2. The van der Waals surface area contributed by atoms with E-state index < -0.39 is 17.8 Å². The Morgan fingerprint density at radius 3 is 2.25 bits per heavy atom. The Labute approximate surface area is 118 Å². The van der Waals surface area contributed by atoms with Gasteiger partial charge in [-0.3, -0.25) is 9.59 Å². The summed E-state index contributed by atoms with van der Waals surface area (Å²) in [6.07, 6.45) is 0. The van der Waals surface area contributed by atoms with Crippen LogP contribution in [-0.4, -0.2) is 28.9 Å². The van der Waals surface area contributed by atoms with Gasteiger partial charge in [-0.15, -0.1) is 0 Å². The third kappa shape index (κ3) is 3.82. The molecular weight excluding hydrogens is 256 g/mol. The van der Waals surface area contributed by atoms with E-state index in [9.17, 15) is 9.59 Å². The summed E-state index contributed by atoms with van der Waals surface area (Å²) in [6, 6.07) is 8.98. The summed E-state index contributed by atoms with van der Waals surface area (Å²) in [5, 5.41) is 17.6. The summed E-state index contributed by atoms with van der Waals surface area (Å²) in [5.41, 5.74) is 1.46. The maximum Gasteiger partial charge on any atom is 0.307 e. The van der Waals surface area contributed by atoms with Crippen molar-refractivity contribution < 1.29 is 14.7 Å². The summed E-state index contributed by atoms with van der Waals surface area (Å²) < 4.78 is 0. The molecule has 5 heteroatoms. The zero-order chi connectivity index (χ0) is 15.3. The van der Waals surface area contributed by atoms with Crippen molar-refractivity contribution in [3.63, 3.8) is 0 Å². The van der Waals surface area contributed by atoms with Crippen LogP contribution in [0.2, 0.25) is 0 Å². The van der Waals surface area contributed by atoms with Crippen molar-refractivity contribution in [2.75, 3.05) is 7.05 Å². The third-order valence-electron chi connectivity index (χ3n) is 3.41. The number of carbonyl (C=O) groups excluding carboxylic acids is 1. The summed E-state index contributed by atoms with van der Waals surface area (Å²) >= 11 is 0. The molecule has 0 aliphatic heterocycles. The predicted octanol–water partition coefficient (Wildman–Crippen LogP) is 1.87. The lowest BCUT2D eigenvalue weighted by molar-refractivity contribution is -0.148. The van der Waals surface area contributed by atoms with E-state index in [1.807, 2.05) is 6.07 Å². The molecule has 1 N–H and O–H groups in total. The number of hydrogen-bond acceptors (Lipinski definition) is 3. The van der Waals surface area contributed by atoms with Gasteiger partial charge in [-0.25, -0.2) is 0 Å². The number of carboxylic acids is 1. The van der Waals surface area contributed by atoms with Crippen molar-refractivity contribution in [2.24, 2.45) is 11.8 Å². The van der Waals surface area contributed by atoms with E-state index in [1.54, 1.807) is 38.2 Å². The van der Waals surface area contributed by atoms with Crippen molar-refractivity contribution in [1.82, 2.24) is 4.90 Å². The number of rotatable bonds is 5. The molecule has 0 heterocycles. The van der Waals surface area contributed by atoms with Gasteiger partial charge >= 0.3 is 5.97 Å². The molecule has 5 nitrogen and oxygen atoms in total. The second kappa shape index (κ2) is 6.71. The zero-order valence-corrected chi connectivity index (χ0v) is 11.8. The van der Waals surface area contributed by atoms with Crippen molar-refractivity contribution >= 4 is 11.9 Å². The molecule has 1 rings (SSSR count). The Morgan fingerprint density at radius 2 is 1.80 bits per heavy atom. The van der Waals surface area contributed by atoms with Crippen LogP contribution in [0.25, 0.3) is 0 Å². The summed E-state index contributed by atoms with van der Waals surface area (Å²) in [5.74, 6) is -2.47. The van der Waals surface area contributed by atoms with Crippen LogP contribution in [0, 0.1) is 23.2 Å². The van der Waals surface area contributed by atoms with Crippen molar-refractivity contribution in [2.45, 2.75) is 20.4 Å². The topological polar surface area (TPSA) is 81.4 Å². The molecule has 0 aromatic heterocycles. The van der Waals surface area contributed by atoms with Gasteiger partial charge in [0.15, 0.2) is 0 Å². The molecule has 2 unspecified atom stereocenters. The molecule has 0 saturated carbocycles. The highest BCUT2D eigenvalue weighted by Crippen LogP contribution is 2.15. The monoisotopic (exact) mass is 274 g/mol. The van der Waals surface area contributed by atoms with Crippen molar-refractivity contribution in [3.05, 3.63) is 35.4 Å². The molecule has 0 fully saturated rings. The van der Waals surface area contributed by atoms with Crippen LogP contribution in [0.5, 0.6) is 0 Å². The van der Waals surface area contributed by atoms with E-state index in [4.69, 9.17) is 10.4 Å². The summed E-state index contributed by atoms with van der Waals surface area (Å²) in [7, 11) is 1.64. The first-order chi connectivity index (χ1) is 9.36. The molecule has 0 radical (unpaired) electrons. The molecule has 1 aromatic carbocycles. The van der Waals surface area contributed by atoms with Gasteiger partial charge in [0.1, 0.15) is 0 Å². The van der Waals surface area contributed by atoms with Gasteiger partial charge in [0, 0.05) is 19.5 Å². The van der Waals surface area contributed by atoms with E-state index in [0.29, 0.717) is 12.1 Å². The van der Waals surface area contributed by atoms with E-state index in [2.05, 4.69) is 0 Å². The SMILES string of the molecule is CC(C(=O)O)C(C)C(=O)N(C)Cc1ccc(C#N)cc1. The minimum absolute atomic E-state index is 0.204.